The van der Waals surface area contributed by atoms with E-state index in [1.54, 1.807) is 0 Å². The first-order chi connectivity index (χ1) is 19.4. The number of hydrogen-bond donors (Lipinski definition) is 1. The topological polar surface area (TPSA) is 83.8 Å². The van der Waals surface area contributed by atoms with Gasteiger partial charge in [-0.2, -0.15) is 5.26 Å². The second-order valence-electron chi connectivity index (χ2n) is 11.5. The Morgan fingerprint density at radius 2 is 1.15 bits per heavy atom. The Hall–Kier alpha value is -0.930. The molecule has 1 amide bonds. The van der Waals surface area contributed by atoms with Gasteiger partial charge in [-0.05, 0) is 53.4 Å². The molecular formula is C32H64N3O4P. The van der Waals surface area contributed by atoms with Crippen molar-refractivity contribution in [2.24, 2.45) is 0 Å². The van der Waals surface area contributed by atoms with Gasteiger partial charge in [-0.1, -0.05) is 96.8 Å². The number of nitrogens with one attached hydrogen (secondary N) is 1. The van der Waals surface area contributed by atoms with E-state index in [4.69, 9.17) is 19.0 Å². The normalized spacial score (nSPS) is 12.3. The Kier molecular flexibility index (Phi) is 28.9. The lowest BCUT2D eigenvalue weighted by Gasteiger charge is -2.35. The van der Waals surface area contributed by atoms with Gasteiger partial charge in [0.25, 0.3) is 8.53 Å². The summed E-state index contributed by atoms with van der Waals surface area (Å²) >= 11 is 0. The first kappa shape index (κ1) is 39.1. The average Bonchev–Trinajstić information content (AvgIpc) is 2.91. The predicted molar refractivity (Wildman–Crippen MR) is 169 cm³/mol. The van der Waals surface area contributed by atoms with Crippen molar-refractivity contribution in [2.45, 2.75) is 169 Å². The highest BCUT2D eigenvalue weighted by Crippen LogP contribution is 2.46. The standard InChI is InChI=1S/C32H64N3O4P/c1-6-7-8-9-10-11-12-13-14-15-16-17-18-21-26-34-32(36)37-27-22-19-20-23-28-38-40(39-29-24-25-33)35(30(2)3)31(4)5/h30-31H,6-24,26-29H2,1-5H3,(H,34,36). The summed E-state index contributed by atoms with van der Waals surface area (Å²) in [5.74, 6) is 0. The Morgan fingerprint density at radius 3 is 1.65 bits per heavy atom. The fourth-order valence-corrected chi connectivity index (χ4v) is 6.37. The average molecular weight is 586 g/mol. The second-order valence-corrected chi connectivity index (χ2v) is 12.9. The highest BCUT2D eigenvalue weighted by atomic mass is 31.2. The molecule has 0 aliphatic heterocycles. The highest BCUT2D eigenvalue weighted by molar-refractivity contribution is 7.44. The monoisotopic (exact) mass is 585 g/mol. The third kappa shape index (κ3) is 24.8. The molecule has 0 aromatic rings. The Morgan fingerprint density at radius 1 is 0.700 bits per heavy atom. The van der Waals surface area contributed by atoms with Gasteiger partial charge in [-0.3, -0.25) is 0 Å². The molecule has 0 aliphatic rings. The molecule has 1 unspecified atom stereocenters. The Labute approximate surface area is 249 Å². The smallest absolute Gasteiger partial charge is 0.407 e. The van der Waals surface area contributed by atoms with Crippen molar-refractivity contribution in [3.63, 3.8) is 0 Å². The number of carbonyl (C=O) groups excluding carboxylic acids is 1. The minimum absolute atomic E-state index is 0.291. The van der Waals surface area contributed by atoms with Gasteiger partial charge in [-0.25, -0.2) is 9.46 Å². The minimum Gasteiger partial charge on any atom is -0.450 e. The van der Waals surface area contributed by atoms with Crippen LogP contribution < -0.4 is 5.32 Å². The van der Waals surface area contributed by atoms with Gasteiger partial charge < -0.3 is 19.1 Å². The molecule has 8 heteroatoms. The van der Waals surface area contributed by atoms with Gasteiger partial charge in [-0.15, -0.1) is 0 Å². The van der Waals surface area contributed by atoms with Gasteiger partial charge in [0.15, 0.2) is 0 Å². The summed E-state index contributed by atoms with van der Waals surface area (Å²) in [6.45, 7) is 13.0. The molecule has 0 saturated carbocycles. The van der Waals surface area contributed by atoms with E-state index in [0.29, 0.717) is 44.9 Å². The van der Waals surface area contributed by atoms with Crippen LogP contribution in [0, 0.1) is 11.3 Å². The number of rotatable bonds is 29. The van der Waals surface area contributed by atoms with Gasteiger partial charge in [0, 0.05) is 18.6 Å². The van der Waals surface area contributed by atoms with E-state index in [2.05, 4.69) is 50.7 Å². The van der Waals surface area contributed by atoms with Crippen LogP contribution in [0.4, 0.5) is 4.79 Å². The molecule has 0 aliphatic carbocycles. The van der Waals surface area contributed by atoms with E-state index in [0.717, 1.165) is 32.1 Å². The third-order valence-electron chi connectivity index (χ3n) is 6.94. The van der Waals surface area contributed by atoms with E-state index in [-0.39, 0.29) is 6.09 Å². The molecule has 0 aromatic carbocycles. The molecule has 0 radical (unpaired) electrons. The first-order valence-electron chi connectivity index (χ1n) is 16.6. The molecule has 0 fully saturated rings. The highest BCUT2D eigenvalue weighted by Gasteiger charge is 2.26. The van der Waals surface area contributed by atoms with E-state index >= 15 is 0 Å². The van der Waals surface area contributed by atoms with Crippen LogP contribution in [-0.4, -0.2) is 49.2 Å². The van der Waals surface area contributed by atoms with E-state index in [1.807, 2.05) is 0 Å². The van der Waals surface area contributed by atoms with Crippen molar-refractivity contribution < 1.29 is 18.6 Å². The molecule has 1 N–H and O–H groups in total. The fraction of sp³-hybridized carbons (Fsp3) is 0.938. The minimum atomic E-state index is -1.16. The molecular weight excluding hydrogens is 521 g/mol. The Balaban J connectivity index is 3.60. The van der Waals surface area contributed by atoms with Gasteiger partial charge in [0.2, 0.25) is 0 Å². The number of alkyl carbamates (subject to hydrolysis) is 1. The van der Waals surface area contributed by atoms with Crippen molar-refractivity contribution in [3.05, 3.63) is 0 Å². The largest absolute Gasteiger partial charge is 0.450 e. The van der Waals surface area contributed by atoms with Gasteiger partial charge >= 0.3 is 6.09 Å². The van der Waals surface area contributed by atoms with Crippen LogP contribution in [0.5, 0.6) is 0 Å². The van der Waals surface area contributed by atoms with Crippen LogP contribution in [0.25, 0.3) is 0 Å². The maximum atomic E-state index is 11.9. The van der Waals surface area contributed by atoms with E-state index in [1.165, 1.54) is 83.5 Å². The fourth-order valence-electron chi connectivity index (χ4n) is 4.74. The lowest BCUT2D eigenvalue weighted by molar-refractivity contribution is 0.143. The molecule has 0 rings (SSSR count). The number of carbonyl (C=O) groups is 1. The van der Waals surface area contributed by atoms with Crippen LogP contribution >= 0.6 is 8.53 Å². The quantitative estimate of drug-likeness (QED) is 0.0694. The zero-order valence-corrected chi connectivity index (χ0v) is 27.8. The number of ether oxygens (including phenoxy) is 1. The van der Waals surface area contributed by atoms with Crippen LogP contribution in [0.15, 0.2) is 0 Å². The Bertz CT molecular complexity index is 593. The van der Waals surface area contributed by atoms with Crippen LogP contribution in [-0.2, 0) is 13.8 Å². The molecule has 0 bridgehead atoms. The summed E-state index contributed by atoms with van der Waals surface area (Å²) in [4.78, 5) is 11.9. The van der Waals surface area contributed by atoms with E-state index < -0.39 is 8.53 Å². The van der Waals surface area contributed by atoms with Crippen LogP contribution in [0.3, 0.4) is 0 Å². The van der Waals surface area contributed by atoms with Gasteiger partial charge in [0.1, 0.15) is 0 Å². The van der Waals surface area contributed by atoms with Crippen LogP contribution in [0.1, 0.15) is 157 Å². The second kappa shape index (κ2) is 29.6. The zero-order valence-electron chi connectivity index (χ0n) is 26.9. The number of hydrogen-bond acceptors (Lipinski definition) is 6. The lowest BCUT2D eigenvalue weighted by Crippen LogP contribution is -2.33. The summed E-state index contributed by atoms with van der Waals surface area (Å²) in [5, 5.41) is 11.7. The maximum Gasteiger partial charge on any atom is 0.407 e. The predicted octanol–water partition coefficient (Wildman–Crippen LogP) is 10.0. The molecule has 40 heavy (non-hydrogen) atoms. The summed E-state index contributed by atoms with van der Waals surface area (Å²) < 4.78 is 19.6. The van der Waals surface area contributed by atoms with Crippen molar-refractivity contribution >= 4 is 14.6 Å². The summed E-state index contributed by atoms with van der Waals surface area (Å²) in [7, 11) is -1.16. The SMILES string of the molecule is CCCCCCCCCCCCCCCCNC(=O)OCCCCCCOP(OCCC#N)N(C(C)C)C(C)C. The van der Waals surface area contributed by atoms with Gasteiger partial charge in [0.05, 0.1) is 32.3 Å². The van der Waals surface area contributed by atoms with E-state index in [9.17, 15) is 4.79 Å². The molecule has 0 saturated heterocycles. The van der Waals surface area contributed by atoms with Crippen molar-refractivity contribution in [2.75, 3.05) is 26.4 Å². The maximum absolute atomic E-state index is 11.9. The number of nitrogens with zero attached hydrogens (tertiary/aromatic N) is 2. The summed E-state index contributed by atoms with van der Waals surface area (Å²) in [6.07, 6.45) is 22.6. The zero-order chi connectivity index (χ0) is 29.7. The molecule has 0 heterocycles. The number of nitriles is 1. The summed E-state index contributed by atoms with van der Waals surface area (Å²) in [6, 6.07) is 2.75. The molecule has 0 aromatic heterocycles. The molecule has 1 atom stereocenters. The number of unbranched alkanes of at least 4 members (excludes halogenated alkanes) is 16. The van der Waals surface area contributed by atoms with Crippen molar-refractivity contribution in [3.8, 4) is 6.07 Å². The number of amides is 1. The third-order valence-corrected chi connectivity index (χ3v) is 9.04. The van der Waals surface area contributed by atoms with Crippen LogP contribution in [0.2, 0.25) is 0 Å². The summed E-state index contributed by atoms with van der Waals surface area (Å²) in [5.41, 5.74) is 0. The molecule has 0 spiro atoms. The molecule has 7 nitrogen and oxygen atoms in total. The lowest BCUT2D eigenvalue weighted by atomic mass is 10.0. The molecule has 236 valence electrons. The van der Waals surface area contributed by atoms with Crippen molar-refractivity contribution in [1.29, 1.82) is 5.26 Å². The van der Waals surface area contributed by atoms with Crippen molar-refractivity contribution in [1.82, 2.24) is 9.99 Å². The first-order valence-corrected chi connectivity index (χ1v) is 17.7.